The number of methoxy groups -OCH3 is 2. The zero-order valence-electron chi connectivity index (χ0n) is 18.9. The number of anilines is 1. The van der Waals surface area contributed by atoms with E-state index in [4.69, 9.17) is 14.2 Å². The summed E-state index contributed by atoms with van der Waals surface area (Å²) in [4.78, 5) is 21.6. The topological polar surface area (TPSA) is 64.1 Å². The Balaban J connectivity index is 0.00000324. The lowest BCUT2D eigenvalue weighted by Gasteiger charge is -2.27. The molecule has 0 atom stereocenters. The largest absolute Gasteiger partial charge is 0.493 e. The van der Waals surface area contributed by atoms with E-state index in [0.29, 0.717) is 53.1 Å². The van der Waals surface area contributed by atoms with E-state index < -0.39 is 11.6 Å². The van der Waals surface area contributed by atoms with E-state index in [1.165, 1.54) is 25.2 Å². The number of hydrogen-bond donors (Lipinski definition) is 0. The Bertz CT molecular complexity index is 1140. The van der Waals surface area contributed by atoms with Crippen LogP contribution in [0.2, 0.25) is 0 Å². The van der Waals surface area contributed by atoms with Gasteiger partial charge in [0.2, 0.25) is 0 Å². The fourth-order valence-corrected chi connectivity index (χ4v) is 4.78. The Labute approximate surface area is 206 Å². The highest BCUT2D eigenvalue weighted by Gasteiger charge is 2.24. The van der Waals surface area contributed by atoms with Crippen LogP contribution in [0.15, 0.2) is 30.3 Å². The van der Waals surface area contributed by atoms with Gasteiger partial charge in [0.05, 0.1) is 32.1 Å². The van der Waals surface area contributed by atoms with Gasteiger partial charge in [0.15, 0.2) is 22.4 Å². The average Bonchev–Trinajstić information content (AvgIpc) is 3.25. The molecule has 2 heterocycles. The summed E-state index contributed by atoms with van der Waals surface area (Å²) in [6, 6.07) is 6.93. The molecule has 3 aromatic rings. The molecule has 0 saturated carbocycles. The number of benzene rings is 2. The molecular formula is C23H26ClF2N3O4S. The van der Waals surface area contributed by atoms with Crippen molar-refractivity contribution in [3.05, 3.63) is 47.5 Å². The Morgan fingerprint density at radius 1 is 1.15 bits per heavy atom. The normalized spacial score (nSPS) is 14.0. The molecule has 1 amide bonds. The van der Waals surface area contributed by atoms with E-state index in [-0.39, 0.29) is 23.8 Å². The van der Waals surface area contributed by atoms with Crippen LogP contribution in [0.4, 0.5) is 13.9 Å². The molecule has 2 aromatic carbocycles. The summed E-state index contributed by atoms with van der Waals surface area (Å²) in [7, 11) is 3.02. The summed E-state index contributed by atoms with van der Waals surface area (Å²) in [5.74, 6) is -0.808. The maximum absolute atomic E-state index is 14.3. The summed E-state index contributed by atoms with van der Waals surface area (Å²) in [6.07, 6.45) is 0.686. The van der Waals surface area contributed by atoms with Crippen LogP contribution in [0.5, 0.6) is 11.5 Å². The Hall–Kier alpha value is -2.53. The van der Waals surface area contributed by atoms with Crippen LogP contribution >= 0.6 is 23.7 Å². The minimum atomic E-state index is -0.751. The second-order valence-electron chi connectivity index (χ2n) is 7.56. The SMILES string of the molecule is COc1ccc(C(=O)N(CCCN2CCOCC2)c2nc3c(F)cc(F)cc3s2)cc1OC.Cl. The van der Waals surface area contributed by atoms with E-state index in [1.54, 1.807) is 18.2 Å². The minimum Gasteiger partial charge on any atom is -0.493 e. The summed E-state index contributed by atoms with van der Waals surface area (Å²) in [5, 5.41) is 0.316. The molecule has 11 heteroatoms. The van der Waals surface area contributed by atoms with Gasteiger partial charge in [-0.3, -0.25) is 14.6 Å². The Morgan fingerprint density at radius 2 is 1.88 bits per heavy atom. The van der Waals surface area contributed by atoms with E-state index in [0.717, 1.165) is 37.0 Å². The van der Waals surface area contributed by atoms with E-state index >= 15 is 0 Å². The molecule has 1 fully saturated rings. The Kier molecular flexibility index (Phi) is 9.01. The number of carbonyl (C=O) groups is 1. The fraction of sp³-hybridized carbons (Fsp3) is 0.391. The third kappa shape index (κ3) is 5.75. The smallest absolute Gasteiger partial charge is 0.260 e. The van der Waals surface area contributed by atoms with Crippen molar-refractivity contribution in [1.82, 2.24) is 9.88 Å². The molecule has 4 rings (SSSR count). The molecule has 0 bridgehead atoms. The maximum atomic E-state index is 14.3. The molecular weight excluding hydrogens is 488 g/mol. The second-order valence-corrected chi connectivity index (χ2v) is 8.57. The fourth-order valence-electron chi connectivity index (χ4n) is 3.75. The lowest BCUT2D eigenvalue weighted by molar-refractivity contribution is 0.0376. The first kappa shape index (κ1) is 26.1. The number of thiazole rings is 1. The lowest BCUT2D eigenvalue weighted by Crippen LogP contribution is -2.39. The van der Waals surface area contributed by atoms with Crippen molar-refractivity contribution in [1.29, 1.82) is 0 Å². The van der Waals surface area contributed by atoms with E-state index in [9.17, 15) is 13.6 Å². The number of halogens is 3. The van der Waals surface area contributed by atoms with Gasteiger partial charge < -0.3 is 14.2 Å². The molecule has 0 spiro atoms. The first-order chi connectivity index (χ1) is 16.0. The standard InChI is InChI=1S/C23H25F2N3O4S.ClH/c1-30-18-5-4-15(12-19(18)31-2)22(29)28(7-3-6-27-8-10-32-11-9-27)23-26-21-17(25)13-16(24)14-20(21)33-23;/h4-5,12-14H,3,6-11H2,1-2H3;1H. The number of fused-ring (bicyclic) bond motifs is 1. The molecule has 34 heavy (non-hydrogen) atoms. The second kappa shape index (κ2) is 11.7. The van der Waals surface area contributed by atoms with Crippen LogP contribution in [-0.2, 0) is 4.74 Å². The van der Waals surface area contributed by atoms with E-state index in [2.05, 4.69) is 9.88 Å². The highest BCUT2D eigenvalue weighted by molar-refractivity contribution is 7.22. The van der Waals surface area contributed by atoms with Gasteiger partial charge in [-0.25, -0.2) is 13.8 Å². The number of morpholine rings is 1. The minimum absolute atomic E-state index is 0. The number of rotatable bonds is 8. The van der Waals surface area contributed by atoms with Crippen molar-refractivity contribution < 1.29 is 27.8 Å². The number of ether oxygens (including phenoxy) is 3. The van der Waals surface area contributed by atoms with Gasteiger partial charge in [0.25, 0.3) is 5.91 Å². The van der Waals surface area contributed by atoms with Crippen LogP contribution in [-0.4, -0.2) is 69.4 Å². The molecule has 7 nitrogen and oxygen atoms in total. The van der Waals surface area contributed by atoms with Crippen molar-refractivity contribution in [2.75, 3.05) is 58.5 Å². The molecule has 0 radical (unpaired) electrons. The molecule has 184 valence electrons. The lowest BCUT2D eigenvalue weighted by atomic mass is 10.1. The summed E-state index contributed by atoms with van der Waals surface area (Å²) in [5.41, 5.74) is 0.430. The van der Waals surface area contributed by atoms with Crippen LogP contribution in [0.1, 0.15) is 16.8 Å². The molecule has 1 aliphatic rings. The van der Waals surface area contributed by atoms with Gasteiger partial charge >= 0.3 is 0 Å². The van der Waals surface area contributed by atoms with Gasteiger partial charge in [-0.2, -0.15) is 0 Å². The van der Waals surface area contributed by atoms with Gasteiger partial charge in [-0.05, 0) is 30.7 Å². The molecule has 1 aliphatic heterocycles. The summed E-state index contributed by atoms with van der Waals surface area (Å²) >= 11 is 1.08. The predicted molar refractivity (Wildman–Crippen MR) is 130 cm³/mol. The van der Waals surface area contributed by atoms with Gasteiger partial charge in [0.1, 0.15) is 11.3 Å². The zero-order valence-corrected chi connectivity index (χ0v) is 20.5. The summed E-state index contributed by atoms with van der Waals surface area (Å²) in [6.45, 7) is 4.22. The maximum Gasteiger partial charge on any atom is 0.260 e. The third-order valence-corrected chi connectivity index (χ3v) is 6.49. The van der Waals surface area contributed by atoms with Gasteiger partial charge in [-0.15, -0.1) is 12.4 Å². The molecule has 0 unspecified atom stereocenters. The molecule has 0 aliphatic carbocycles. The van der Waals surface area contributed by atoms with Crippen molar-refractivity contribution >= 4 is 45.0 Å². The molecule has 1 saturated heterocycles. The van der Waals surface area contributed by atoms with Crippen molar-refractivity contribution in [3.8, 4) is 11.5 Å². The highest BCUT2D eigenvalue weighted by Crippen LogP contribution is 2.33. The number of aromatic nitrogens is 1. The third-order valence-electron chi connectivity index (χ3n) is 5.47. The first-order valence-electron chi connectivity index (χ1n) is 10.6. The quantitative estimate of drug-likeness (QED) is 0.445. The van der Waals surface area contributed by atoms with Crippen molar-refractivity contribution in [2.45, 2.75) is 6.42 Å². The van der Waals surface area contributed by atoms with Crippen LogP contribution in [0.25, 0.3) is 10.2 Å². The van der Waals surface area contributed by atoms with Gasteiger partial charge in [0, 0.05) is 37.8 Å². The van der Waals surface area contributed by atoms with Crippen LogP contribution < -0.4 is 14.4 Å². The van der Waals surface area contributed by atoms with Crippen molar-refractivity contribution in [2.24, 2.45) is 0 Å². The number of amides is 1. The molecule has 0 N–H and O–H groups in total. The van der Waals surface area contributed by atoms with Crippen LogP contribution in [0, 0.1) is 11.6 Å². The highest BCUT2D eigenvalue weighted by atomic mass is 35.5. The first-order valence-corrected chi connectivity index (χ1v) is 11.4. The van der Waals surface area contributed by atoms with Crippen LogP contribution in [0.3, 0.4) is 0 Å². The Morgan fingerprint density at radius 3 is 2.59 bits per heavy atom. The number of nitrogens with zero attached hydrogens (tertiary/aromatic N) is 3. The number of carbonyl (C=O) groups excluding carboxylic acids is 1. The van der Waals surface area contributed by atoms with Crippen molar-refractivity contribution in [3.63, 3.8) is 0 Å². The summed E-state index contributed by atoms with van der Waals surface area (Å²) < 4.78 is 44.3. The zero-order chi connectivity index (χ0) is 23.4. The monoisotopic (exact) mass is 513 g/mol. The van der Waals surface area contributed by atoms with E-state index in [1.807, 2.05) is 0 Å². The molecule has 1 aromatic heterocycles. The number of hydrogen-bond acceptors (Lipinski definition) is 7. The predicted octanol–water partition coefficient (Wildman–Crippen LogP) is 4.38. The van der Waals surface area contributed by atoms with Gasteiger partial charge in [-0.1, -0.05) is 11.3 Å². The average molecular weight is 514 g/mol.